The summed E-state index contributed by atoms with van der Waals surface area (Å²) >= 11 is 0. The van der Waals surface area contributed by atoms with Crippen molar-refractivity contribution in [2.24, 2.45) is 5.73 Å². The largest absolute Gasteiger partial charge is 0.376 e. The number of carbonyl (C=O) groups excluding carboxylic acids is 1. The van der Waals surface area contributed by atoms with Crippen molar-refractivity contribution < 1.29 is 9.53 Å². The summed E-state index contributed by atoms with van der Waals surface area (Å²) < 4.78 is 5.76. The Labute approximate surface area is 121 Å². The lowest BCUT2D eigenvalue weighted by Gasteiger charge is -2.33. The quantitative estimate of drug-likeness (QED) is 0.803. The van der Waals surface area contributed by atoms with Crippen LogP contribution >= 0.6 is 0 Å². The maximum Gasteiger partial charge on any atom is 0.242 e. The molecule has 0 aliphatic rings. The molecular weight excluding hydrogens is 252 g/mol. The van der Waals surface area contributed by atoms with Gasteiger partial charge < -0.3 is 10.5 Å². The molecule has 0 aliphatic heterocycles. The summed E-state index contributed by atoms with van der Waals surface area (Å²) in [7, 11) is 0. The van der Waals surface area contributed by atoms with Crippen molar-refractivity contribution in [3.8, 4) is 0 Å². The zero-order valence-electron chi connectivity index (χ0n) is 12.9. The monoisotopic (exact) mass is 278 g/mol. The molecule has 1 unspecified atom stereocenters. The van der Waals surface area contributed by atoms with Crippen LogP contribution in [-0.2, 0) is 15.1 Å². The number of benzene rings is 1. The number of carbonyl (C=O) groups is 1. The van der Waals surface area contributed by atoms with Crippen molar-refractivity contribution in [3.05, 3.63) is 35.9 Å². The molecule has 0 saturated heterocycles. The average Bonchev–Trinajstić information content (AvgIpc) is 2.37. The molecule has 0 fully saturated rings. The lowest BCUT2D eigenvalue weighted by Crippen LogP contribution is -2.53. The molecule has 4 nitrogen and oxygen atoms in total. The number of amides is 1. The Hall–Kier alpha value is -1.39. The molecule has 20 heavy (non-hydrogen) atoms. The van der Waals surface area contributed by atoms with Gasteiger partial charge in [0.2, 0.25) is 5.91 Å². The number of hydrogen-bond donors (Lipinski definition) is 2. The van der Waals surface area contributed by atoms with Crippen molar-refractivity contribution >= 4 is 5.91 Å². The Morgan fingerprint density at radius 3 is 2.30 bits per heavy atom. The maximum absolute atomic E-state index is 12.1. The van der Waals surface area contributed by atoms with Crippen molar-refractivity contribution in [2.75, 3.05) is 13.2 Å². The van der Waals surface area contributed by atoms with Crippen LogP contribution in [0.15, 0.2) is 30.3 Å². The number of nitrogens with one attached hydrogen (secondary N) is 1. The van der Waals surface area contributed by atoms with Crippen LogP contribution < -0.4 is 11.1 Å². The van der Waals surface area contributed by atoms with Gasteiger partial charge in [0.05, 0.1) is 5.60 Å². The van der Waals surface area contributed by atoms with Gasteiger partial charge in [0.15, 0.2) is 0 Å². The molecule has 0 bridgehead atoms. The summed E-state index contributed by atoms with van der Waals surface area (Å²) in [4.78, 5) is 12.1. The summed E-state index contributed by atoms with van der Waals surface area (Å²) in [6.45, 7) is 9.07. The molecule has 112 valence electrons. The molecule has 0 spiro atoms. The van der Waals surface area contributed by atoms with Crippen molar-refractivity contribution in [1.29, 1.82) is 0 Å². The van der Waals surface area contributed by atoms with Crippen LogP contribution in [0.1, 0.15) is 39.7 Å². The van der Waals surface area contributed by atoms with Gasteiger partial charge in [-0.2, -0.15) is 0 Å². The van der Waals surface area contributed by atoms with E-state index < -0.39 is 5.54 Å². The van der Waals surface area contributed by atoms with Gasteiger partial charge in [0.1, 0.15) is 5.54 Å². The summed E-state index contributed by atoms with van der Waals surface area (Å²) in [6.07, 6.45) is 0.511. The maximum atomic E-state index is 12.1. The molecular formula is C16H26N2O2. The van der Waals surface area contributed by atoms with E-state index in [1.54, 1.807) is 0 Å². The molecule has 1 aromatic carbocycles. The van der Waals surface area contributed by atoms with Crippen LogP contribution in [0.5, 0.6) is 0 Å². The third-order valence-corrected chi connectivity index (χ3v) is 3.18. The Balaban J connectivity index is 2.98. The Kier molecular flexibility index (Phi) is 5.72. The van der Waals surface area contributed by atoms with Crippen LogP contribution in [0.3, 0.4) is 0 Å². The van der Waals surface area contributed by atoms with Gasteiger partial charge in [0.25, 0.3) is 0 Å². The minimum Gasteiger partial charge on any atom is -0.376 e. The van der Waals surface area contributed by atoms with Crippen molar-refractivity contribution in [2.45, 2.75) is 45.3 Å². The fraction of sp³-hybridized carbons (Fsp3) is 0.562. The zero-order valence-corrected chi connectivity index (χ0v) is 12.9. The second kappa shape index (κ2) is 6.86. The smallest absolute Gasteiger partial charge is 0.242 e. The first-order chi connectivity index (χ1) is 9.32. The predicted octanol–water partition coefficient (Wildman–Crippen LogP) is 2.18. The van der Waals surface area contributed by atoms with E-state index in [1.807, 2.05) is 58.0 Å². The molecule has 3 N–H and O–H groups in total. The van der Waals surface area contributed by atoms with Gasteiger partial charge in [-0.15, -0.1) is 0 Å². The number of rotatable bonds is 7. The number of hydrogen-bond acceptors (Lipinski definition) is 3. The van der Waals surface area contributed by atoms with Gasteiger partial charge in [-0.05, 0) is 32.9 Å². The Bertz CT molecular complexity index is 426. The topological polar surface area (TPSA) is 64.3 Å². The van der Waals surface area contributed by atoms with E-state index in [0.29, 0.717) is 19.6 Å². The highest BCUT2D eigenvalue weighted by atomic mass is 16.5. The number of ether oxygens (including phenoxy) is 1. The van der Waals surface area contributed by atoms with E-state index in [0.717, 1.165) is 5.56 Å². The summed E-state index contributed by atoms with van der Waals surface area (Å²) in [5, 5.41) is 3.24. The molecule has 1 rings (SSSR count). The normalized spacial score (nSPS) is 14.8. The molecule has 1 atom stereocenters. The van der Waals surface area contributed by atoms with Crippen LogP contribution in [0.2, 0.25) is 0 Å². The lowest BCUT2D eigenvalue weighted by atomic mass is 9.86. The highest BCUT2D eigenvalue weighted by Crippen LogP contribution is 2.26. The molecule has 4 heteroatoms. The van der Waals surface area contributed by atoms with Crippen LogP contribution in [0.25, 0.3) is 0 Å². The predicted molar refractivity (Wildman–Crippen MR) is 81.3 cm³/mol. The van der Waals surface area contributed by atoms with E-state index in [1.165, 1.54) is 0 Å². The van der Waals surface area contributed by atoms with E-state index in [4.69, 9.17) is 10.5 Å². The molecule has 0 saturated carbocycles. The average molecular weight is 278 g/mol. The first-order valence-corrected chi connectivity index (χ1v) is 7.06. The van der Waals surface area contributed by atoms with E-state index >= 15 is 0 Å². The third-order valence-electron chi connectivity index (χ3n) is 3.18. The summed E-state index contributed by atoms with van der Waals surface area (Å²) in [6, 6.07) is 9.59. The second-order valence-corrected chi connectivity index (χ2v) is 5.88. The van der Waals surface area contributed by atoms with Crippen molar-refractivity contribution in [1.82, 2.24) is 5.32 Å². The summed E-state index contributed by atoms with van der Waals surface area (Å²) in [5.41, 5.74) is 5.46. The van der Waals surface area contributed by atoms with Gasteiger partial charge in [0, 0.05) is 13.0 Å². The number of nitrogens with two attached hydrogens (primary N) is 1. The van der Waals surface area contributed by atoms with Gasteiger partial charge in [-0.1, -0.05) is 37.3 Å². The fourth-order valence-corrected chi connectivity index (χ4v) is 2.22. The van der Waals surface area contributed by atoms with Crippen LogP contribution in [-0.4, -0.2) is 24.7 Å². The molecule has 0 heterocycles. The first-order valence-electron chi connectivity index (χ1n) is 7.06. The van der Waals surface area contributed by atoms with Gasteiger partial charge in [-0.25, -0.2) is 0 Å². The van der Waals surface area contributed by atoms with E-state index in [2.05, 4.69) is 5.32 Å². The third kappa shape index (κ3) is 4.32. The fourth-order valence-electron chi connectivity index (χ4n) is 2.22. The summed E-state index contributed by atoms with van der Waals surface area (Å²) in [5.74, 6) is -0.372. The van der Waals surface area contributed by atoms with Crippen LogP contribution in [0, 0.1) is 0 Å². The second-order valence-electron chi connectivity index (χ2n) is 5.88. The molecule has 0 radical (unpaired) electrons. The zero-order chi connectivity index (χ0) is 15.2. The molecule has 0 aliphatic carbocycles. The molecule has 0 aromatic heterocycles. The number of likely N-dealkylation sites (N-methyl/N-ethyl adjacent to an activating group) is 1. The highest BCUT2D eigenvalue weighted by molar-refractivity contribution is 5.86. The number of primary amides is 1. The van der Waals surface area contributed by atoms with Crippen molar-refractivity contribution in [3.63, 3.8) is 0 Å². The standard InChI is InChI=1S/C16H26N2O2/c1-5-18-16(14(17)19,11-12-20-15(2,3)4)13-9-7-6-8-10-13/h6-10,18H,5,11-12H2,1-4H3,(H2,17,19). The highest BCUT2D eigenvalue weighted by Gasteiger charge is 2.37. The Morgan fingerprint density at radius 2 is 1.85 bits per heavy atom. The van der Waals surface area contributed by atoms with Gasteiger partial charge >= 0.3 is 0 Å². The molecule has 1 amide bonds. The van der Waals surface area contributed by atoms with Gasteiger partial charge in [-0.3, -0.25) is 10.1 Å². The minimum atomic E-state index is -0.874. The van der Waals surface area contributed by atoms with Crippen LogP contribution in [0.4, 0.5) is 0 Å². The van der Waals surface area contributed by atoms with E-state index in [-0.39, 0.29) is 11.5 Å². The SMILES string of the molecule is CCNC(CCOC(C)(C)C)(C(N)=O)c1ccccc1. The van der Waals surface area contributed by atoms with E-state index in [9.17, 15) is 4.79 Å². The molecule has 1 aromatic rings. The Morgan fingerprint density at radius 1 is 1.25 bits per heavy atom. The lowest BCUT2D eigenvalue weighted by molar-refractivity contribution is -0.126. The minimum absolute atomic E-state index is 0.230. The first kappa shape index (κ1) is 16.7.